The van der Waals surface area contributed by atoms with E-state index in [1.807, 2.05) is 0 Å². The summed E-state index contributed by atoms with van der Waals surface area (Å²) >= 11 is 1.68. The van der Waals surface area contributed by atoms with Crippen molar-refractivity contribution in [3.05, 3.63) is 29.3 Å². The van der Waals surface area contributed by atoms with Gasteiger partial charge in [-0.3, -0.25) is 0 Å². The smallest absolute Gasteiger partial charge is 0.243 e. The quantitative estimate of drug-likeness (QED) is 0.863. The fraction of sp³-hybridized carbons (Fsp3) is 0.538. The van der Waals surface area contributed by atoms with Gasteiger partial charge in [0.05, 0.1) is 6.61 Å². The fourth-order valence-corrected chi connectivity index (χ4v) is 4.71. The van der Waals surface area contributed by atoms with Crippen LogP contribution in [0.15, 0.2) is 17.0 Å². The maximum Gasteiger partial charge on any atom is 0.243 e. The maximum atomic E-state index is 13.7. The van der Waals surface area contributed by atoms with Crippen LogP contribution in [0.3, 0.4) is 0 Å². The van der Waals surface area contributed by atoms with Crippen molar-refractivity contribution in [2.45, 2.75) is 36.0 Å². The van der Waals surface area contributed by atoms with E-state index in [-0.39, 0.29) is 17.4 Å². The zero-order valence-electron chi connectivity index (χ0n) is 11.3. The molecule has 1 aliphatic rings. The van der Waals surface area contributed by atoms with Gasteiger partial charge in [-0.15, -0.1) is 0 Å². The van der Waals surface area contributed by atoms with Crippen LogP contribution >= 0.6 is 11.8 Å². The highest BCUT2D eigenvalue weighted by molar-refractivity contribution is 8.00. The monoisotopic (exact) mass is 337 g/mol. The van der Waals surface area contributed by atoms with Gasteiger partial charge in [0.2, 0.25) is 10.0 Å². The van der Waals surface area contributed by atoms with Crippen LogP contribution in [0.25, 0.3) is 0 Å². The Labute approximate surface area is 127 Å². The molecule has 1 aromatic rings. The summed E-state index contributed by atoms with van der Waals surface area (Å²) in [5.74, 6) is -1.72. The number of benzene rings is 1. The van der Waals surface area contributed by atoms with Gasteiger partial charge in [-0.1, -0.05) is 6.42 Å². The third kappa shape index (κ3) is 4.15. The van der Waals surface area contributed by atoms with Gasteiger partial charge in [-0.25, -0.2) is 21.9 Å². The van der Waals surface area contributed by atoms with Gasteiger partial charge in [0, 0.05) is 11.8 Å². The summed E-state index contributed by atoms with van der Waals surface area (Å²) < 4.78 is 53.6. The van der Waals surface area contributed by atoms with Crippen molar-refractivity contribution in [3.8, 4) is 0 Å². The van der Waals surface area contributed by atoms with Crippen LogP contribution in [0, 0.1) is 11.6 Å². The Morgan fingerprint density at radius 3 is 2.71 bits per heavy atom. The summed E-state index contributed by atoms with van der Waals surface area (Å²) in [7, 11) is -4.13. The van der Waals surface area contributed by atoms with E-state index in [1.165, 1.54) is 0 Å². The molecule has 1 heterocycles. The zero-order chi connectivity index (χ0) is 15.5. The molecular weight excluding hydrogens is 320 g/mol. The van der Waals surface area contributed by atoms with E-state index in [0.717, 1.165) is 37.1 Å². The molecule has 2 N–H and O–H groups in total. The Kier molecular flexibility index (Phi) is 5.59. The Morgan fingerprint density at radius 1 is 1.33 bits per heavy atom. The van der Waals surface area contributed by atoms with Gasteiger partial charge < -0.3 is 5.11 Å². The Balaban J connectivity index is 2.16. The molecule has 1 atom stereocenters. The summed E-state index contributed by atoms with van der Waals surface area (Å²) in [5, 5.41) is 9.12. The molecule has 1 unspecified atom stereocenters. The minimum atomic E-state index is -4.13. The number of rotatable bonds is 5. The van der Waals surface area contributed by atoms with Crippen LogP contribution in [0.2, 0.25) is 0 Å². The zero-order valence-corrected chi connectivity index (χ0v) is 12.9. The van der Waals surface area contributed by atoms with E-state index < -0.39 is 33.2 Å². The highest BCUT2D eigenvalue weighted by atomic mass is 32.2. The molecule has 0 saturated carbocycles. The van der Waals surface area contributed by atoms with Gasteiger partial charge in [0.25, 0.3) is 0 Å². The summed E-state index contributed by atoms with van der Waals surface area (Å²) in [6.07, 6.45) is 3.06. The number of aliphatic hydroxyl groups excluding tert-OH is 1. The minimum Gasteiger partial charge on any atom is -0.392 e. The first-order valence-corrected chi connectivity index (χ1v) is 9.17. The van der Waals surface area contributed by atoms with Crippen molar-refractivity contribution in [2.24, 2.45) is 0 Å². The Morgan fingerprint density at radius 2 is 2.10 bits per heavy atom. The second-order valence-corrected chi connectivity index (χ2v) is 8.03. The van der Waals surface area contributed by atoms with Gasteiger partial charge in [-0.2, -0.15) is 11.8 Å². The van der Waals surface area contributed by atoms with Gasteiger partial charge >= 0.3 is 0 Å². The second-order valence-electron chi connectivity index (χ2n) is 4.89. The number of thioether (sulfide) groups is 1. The number of hydrogen-bond acceptors (Lipinski definition) is 4. The minimum absolute atomic E-state index is 0.0151. The standard InChI is InChI=1S/C13H17F2NO3S2/c14-11-5-9(8-17)6-12(13(11)15)21(18,19)16-7-10-3-1-2-4-20-10/h5-6,10,16-17H,1-4,7-8H2. The Hall–Kier alpha value is -0.700. The lowest BCUT2D eigenvalue weighted by atomic mass is 10.2. The second kappa shape index (κ2) is 7.04. The summed E-state index contributed by atoms with van der Waals surface area (Å²) in [5.41, 5.74) is 0.0151. The molecule has 0 spiro atoms. The molecule has 0 bridgehead atoms. The topological polar surface area (TPSA) is 66.4 Å². The molecule has 2 rings (SSSR count). The molecule has 0 amide bonds. The van der Waals surface area contributed by atoms with Gasteiger partial charge in [0.1, 0.15) is 4.90 Å². The van der Waals surface area contributed by atoms with Crippen LogP contribution in [0.5, 0.6) is 0 Å². The number of hydrogen-bond donors (Lipinski definition) is 2. The molecule has 1 saturated heterocycles. The van der Waals surface area contributed by atoms with E-state index in [1.54, 1.807) is 11.8 Å². The summed E-state index contributed by atoms with van der Waals surface area (Å²) in [6.45, 7) is -0.365. The normalized spacial score (nSPS) is 19.7. The van der Waals surface area contributed by atoms with Crippen molar-refractivity contribution in [3.63, 3.8) is 0 Å². The SMILES string of the molecule is O=S(=O)(NCC1CCCCS1)c1cc(CO)cc(F)c1F. The van der Waals surface area contributed by atoms with Crippen LogP contribution in [-0.2, 0) is 16.6 Å². The van der Waals surface area contributed by atoms with Gasteiger partial charge in [-0.05, 0) is 36.3 Å². The molecular formula is C13H17F2NO3S2. The highest BCUT2D eigenvalue weighted by Crippen LogP contribution is 2.25. The van der Waals surface area contributed by atoms with Crippen molar-refractivity contribution >= 4 is 21.8 Å². The third-order valence-corrected chi connectivity index (χ3v) is 6.12. The van der Waals surface area contributed by atoms with Crippen LogP contribution in [0.1, 0.15) is 24.8 Å². The lowest BCUT2D eigenvalue weighted by molar-refractivity contribution is 0.280. The van der Waals surface area contributed by atoms with E-state index in [9.17, 15) is 17.2 Å². The van der Waals surface area contributed by atoms with E-state index >= 15 is 0 Å². The molecule has 0 radical (unpaired) electrons. The number of aliphatic hydroxyl groups is 1. The number of sulfonamides is 1. The third-order valence-electron chi connectivity index (χ3n) is 3.30. The maximum absolute atomic E-state index is 13.7. The van der Waals surface area contributed by atoms with E-state index in [2.05, 4.69) is 4.72 Å². The highest BCUT2D eigenvalue weighted by Gasteiger charge is 2.24. The summed E-state index contributed by atoms with van der Waals surface area (Å²) in [6, 6.07) is 1.74. The summed E-state index contributed by atoms with van der Waals surface area (Å²) in [4.78, 5) is -0.757. The van der Waals surface area contributed by atoms with Crippen LogP contribution in [-0.4, -0.2) is 31.1 Å². The Bertz CT molecular complexity index is 602. The molecule has 118 valence electrons. The first-order chi connectivity index (χ1) is 9.94. The average Bonchev–Trinajstić information content (AvgIpc) is 2.48. The molecule has 4 nitrogen and oxygen atoms in total. The first kappa shape index (κ1) is 16.7. The molecule has 1 aliphatic heterocycles. The molecule has 8 heteroatoms. The van der Waals surface area contributed by atoms with E-state index in [0.29, 0.717) is 0 Å². The first-order valence-electron chi connectivity index (χ1n) is 6.64. The van der Waals surface area contributed by atoms with Gasteiger partial charge in [0.15, 0.2) is 11.6 Å². The fourth-order valence-electron chi connectivity index (χ4n) is 2.15. The lowest BCUT2D eigenvalue weighted by Crippen LogP contribution is -2.32. The average molecular weight is 337 g/mol. The molecule has 0 aliphatic carbocycles. The predicted octanol–water partition coefficient (Wildman–Crippen LogP) is 2.02. The molecule has 1 fully saturated rings. The van der Waals surface area contributed by atoms with Crippen molar-refractivity contribution in [1.82, 2.24) is 4.72 Å². The van der Waals surface area contributed by atoms with Crippen molar-refractivity contribution in [2.75, 3.05) is 12.3 Å². The van der Waals surface area contributed by atoms with E-state index in [4.69, 9.17) is 5.11 Å². The lowest BCUT2D eigenvalue weighted by Gasteiger charge is -2.21. The van der Waals surface area contributed by atoms with Crippen LogP contribution < -0.4 is 4.72 Å². The molecule has 1 aromatic carbocycles. The number of nitrogens with one attached hydrogen (secondary N) is 1. The number of halogens is 2. The van der Waals surface area contributed by atoms with Crippen LogP contribution in [0.4, 0.5) is 8.78 Å². The molecule has 0 aromatic heterocycles. The van der Waals surface area contributed by atoms with Crippen molar-refractivity contribution < 1.29 is 22.3 Å². The largest absolute Gasteiger partial charge is 0.392 e. The predicted molar refractivity (Wildman–Crippen MR) is 77.6 cm³/mol. The van der Waals surface area contributed by atoms with Crippen molar-refractivity contribution in [1.29, 1.82) is 0 Å². The molecule has 21 heavy (non-hydrogen) atoms.